The van der Waals surface area contributed by atoms with Crippen LogP contribution in [0.1, 0.15) is 28.9 Å². The second-order valence-electron chi connectivity index (χ2n) is 4.91. The quantitative estimate of drug-likeness (QED) is 0.731. The molecule has 0 heterocycles. The number of nitrogens with two attached hydrogens (primary N) is 1. The standard InChI is InChI=1S/C15H14Br2N2O3S/c1-9(11-4-2-3-5-12(11)16)19-15(20)10-6-7-13(17)14(8-10)23(18,21)22/h2-9H,1H3,(H,19,20)(H2,18,21,22). The lowest BCUT2D eigenvalue weighted by Crippen LogP contribution is -2.27. The van der Waals surface area contributed by atoms with Crippen LogP contribution >= 0.6 is 31.9 Å². The van der Waals surface area contributed by atoms with Crippen LogP contribution in [-0.2, 0) is 10.0 Å². The molecule has 3 N–H and O–H groups in total. The van der Waals surface area contributed by atoms with Crippen molar-refractivity contribution in [2.75, 3.05) is 0 Å². The zero-order chi connectivity index (χ0) is 17.2. The number of hydrogen-bond acceptors (Lipinski definition) is 3. The molecule has 0 aliphatic heterocycles. The monoisotopic (exact) mass is 460 g/mol. The largest absolute Gasteiger partial charge is 0.345 e. The summed E-state index contributed by atoms with van der Waals surface area (Å²) in [5, 5.41) is 7.97. The Bertz CT molecular complexity index is 854. The van der Waals surface area contributed by atoms with Crippen molar-refractivity contribution >= 4 is 47.8 Å². The van der Waals surface area contributed by atoms with E-state index < -0.39 is 10.0 Å². The molecule has 8 heteroatoms. The van der Waals surface area contributed by atoms with Crippen molar-refractivity contribution < 1.29 is 13.2 Å². The highest BCUT2D eigenvalue weighted by Gasteiger charge is 2.18. The molecule has 1 atom stereocenters. The number of carbonyl (C=O) groups is 1. The number of amides is 1. The predicted molar refractivity (Wildman–Crippen MR) is 95.5 cm³/mol. The van der Waals surface area contributed by atoms with Gasteiger partial charge in [0.05, 0.1) is 10.9 Å². The van der Waals surface area contributed by atoms with Crippen LogP contribution in [0.15, 0.2) is 56.3 Å². The van der Waals surface area contributed by atoms with E-state index >= 15 is 0 Å². The van der Waals surface area contributed by atoms with Gasteiger partial charge in [-0.15, -0.1) is 0 Å². The number of nitrogens with one attached hydrogen (secondary N) is 1. The van der Waals surface area contributed by atoms with Crippen molar-refractivity contribution in [3.8, 4) is 0 Å². The molecule has 2 aromatic rings. The molecule has 0 saturated heterocycles. The molecule has 122 valence electrons. The molecule has 0 spiro atoms. The third-order valence-electron chi connectivity index (χ3n) is 3.22. The molecule has 0 bridgehead atoms. The maximum absolute atomic E-state index is 12.4. The first-order valence-corrected chi connectivity index (χ1v) is 9.71. The number of primary sulfonamides is 1. The molecule has 0 aromatic heterocycles. The smallest absolute Gasteiger partial charge is 0.251 e. The third kappa shape index (κ3) is 4.41. The summed E-state index contributed by atoms with van der Waals surface area (Å²) in [6, 6.07) is 11.6. The lowest BCUT2D eigenvalue weighted by atomic mass is 10.1. The Kier molecular flexibility index (Phi) is 5.61. The fraction of sp³-hybridized carbons (Fsp3) is 0.133. The average molecular weight is 462 g/mol. The van der Waals surface area contributed by atoms with Gasteiger partial charge < -0.3 is 5.32 Å². The predicted octanol–water partition coefficient (Wildman–Crippen LogP) is 3.35. The first kappa shape index (κ1) is 18.1. The maximum Gasteiger partial charge on any atom is 0.251 e. The Morgan fingerprint density at radius 1 is 1.13 bits per heavy atom. The van der Waals surface area contributed by atoms with E-state index in [9.17, 15) is 13.2 Å². The van der Waals surface area contributed by atoms with Crippen LogP contribution in [0.3, 0.4) is 0 Å². The molecule has 0 radical (unpaired) electrons. The Balaban J connectivity index is 2.27. The first-order valence-electron chi connectivity index (χ1n) is 6.58. The minimum atomic E-state index is -3.91. The highest BCUT2D eigenvalue weighted by Crippen LogP contribution is 2.25. The molecule has 5 nitrogen and oxygen atoms in total. The molecule has 2 aromatic carbocycles. The summed E-state index contributed by atoms with van der Waals surface area (Å²) in [7, 11) is -3.91. The fourth-order valence-corrected chi connectivity index (χ4v) is 4.23. The summed E-state index contributed by atoms with van der Waals surface area (Å²) in [6.45, 7) is 1.84. The van der Waals surface area contributed by atoms with Crippen molar-refractivity contribution in [3.63, 3.8) is 0 Å². The van der Waals surface area contributed by atoms with Gasteiger partial charge in [0.25, 0.3) is 5.91 Å². The SMILES string of the molecule is CC(NC(=O)c1ccc(Br)c(S(N)(=O)=O)c1)c1ccccc1Br. The van der Waals surface area contributed by atoms with Crippen molar-refractivity contribution in [2.24, 2.45) is 5.14 Å². The van der Waals surface area contributed by atoms with Gasteiger partial charge in [-0.05, 0) is 52.7 Å². The van der Waals surface area contributed by atoms with Gasteiger partial charge in [-0.3, -0.25) is 4.79 Å². The summed E-state index contributed by atoms with van der Waals surface area (Å²) >= 11 is 6.55. The zero-order valence-electron chi connectivity index (χ0n) is 12.1. The van der Waals surface area contributed by atoms with Crippen LogP contribution in [0.2, 0.25) is 0 Å². The van der Waals surface area contributed by atoms with Gasteiger partial charge in [-0.2, -0.15) is 0 Å². The fourth-order valence-electron chi connectivity index (χ4n) is 2.05. The summed E-state index contributed by atoms with van der Waals surface area (Å²) < 4.78 is 24.3. The Morgan fingerprint density at radius 3 is 2.39 bits per heavy atom. The van der Waals surface area contributed by atoms with Gasteiger partial charge in [0, 0.05) is 14.5 Å². The molecule has 23 heavy (non-hydrogen) atoms. The number of carbonyl (C=O) groups excluding carboxylic acids is 1. The van der Waals surface area contributed by atoms with Crippen molar-refractivity contribution in [1.29, 1.82) is 0 Å². The molecule has 1 amide bonds. The summed E-state index contributed by atoms with van der Waals surface area (Å²) in [4.78, 5) is 12.2. The third-order valence-corrected chi connectivity index (χ3v) is 5.85. The lowest BCUT2D eigenvalue weighted by Gasteiger charge is -2.16. The normalized spacial score (nSPS) is 12.7. The van der Waals surface area contributed by atoms with E-state index in [4.69, 9.17) is 5.14 Å². The zero-order valence-corrected chi connectivity index (χ0v) is 16.1. The van der Waals surface area contributed by atoms with Gasteiger partial charge in [0.1, 0.15) is 0 Å². The second-order valence-corrected chi connectivity index (χ2v) is 8.15. The molecular formula is C15H14Br2N2O3S. The molecule has 0 aliphatic rings. The summed E-state index contributed by atoms with van der Waals surface area (Å²) in [6.07, 6.45) is 0. The van der Waals surface area contributed by atoms with E-state index in [0.29, 0.717) is 4.47 Å². The molecular weight excluding hydrogens is 448 g/mol. The summed E-state index contributed by atoms with van der Waals surface area (Å²) in [5.74, 6) is -0.384. The Hall–Kier alpha value is -1.22. The van der Waals surface area contributed by atoms with E-state index in [1.807, 2.05) is 31.2 Å². The van der Waals surface area contributed by atoms with Crippen LogP contribution in [0.5, 0.6) is 0 Å². The number of benzene rings is 2. The van der Waals surface area contributed by atoms with Gasteiger partial charge in [-0.25, -0.2) is 13.6 Å². The topological polar surface area (TPSA) is 89.3 Å². The van der Waals surface area contributed by atoms with Crippen LogP contribution in [0, 0.1) is 0 Å². The van der Waals surface area contributed by atoms with Gasteiger partial charge in [-0.1, -0.05) is 34.1 Å². The Morgan fingerprint density at radius 2 is 1.78 bits per heavy atom. The lowest BCUT2D eigenvalue weighted by molar-refractivity contribution is 0.0939. The maximum atomic E-state index is 12.4. The first-order chi connectivity index (χ1) is 10.7. The van der Waals surface area contributed by atoms with Gasteiger partial charge in [0.2, 0.25) is 10.0 Å². The Labute approximate surface area is 151 Å². The number of hydrogen-bond donors (Lipinski definition) is 2. The van der Waals surface area contributed by atoms with E-state index in [2.05, 4.69) is 37.2 Å². The highest BCUT2D eigenvalue weighted by atomic mass is 79.9. The molecule has 2 rings (SSSR count). The van der Waals surface area contributed by atoms with Crippen LogP contribution in [-0.4, -0.2) is 14.3 Å². The molecule has 0 saturated carbocycles. The van der Waals surface area contributed by atoms with Crippen molar-refractivity contribution in [3.05, 3.63) is 62.5 Å². The molecule has 1 unspecified atom stereocenters. The number of sulfonamides is 1. The second kappa shape index (κ2) is 7.12. The molecule has 0 aliphatic carbocycles. The van der Waals surface area contributed by atoms with Gasteiger partial charge in [0.15, 0.2) is 0 Å². The number of rotatable bonds is 4. The average Bonchev–Trinajstić information content (AvgIpc) is 2.46. The van der Waals surface area contributed by atoms with E-state index in [0.717, 1.165) is 10.0 Å². The minimum Gasteiger partial charge on any atom is -0.345 e. The highest BCUT2D eigenvalue weighted by molar-refractivity contribution is 9.10. The minimum absolute atomic E-state index is 0.126. The van der Waals surface area contributed by atoms with Crippen LogP contribution in [0.4, 0.5) is 0 Å². The van der Waals surface area contributed by atoms with Crippen LogP contribution in [0.25, 0.3) is 0 Å². The van der Waals surface area contributed by atoms with E-state index in [1.54, 1.807) is 0 Å². The van der Waals surface area contributed by atoms with E-state index in [-0.39, 0.29) is 22.4 Å². The van der Waals surface area contributed by atoms with Crippen molar-refractivity contribution in [1.82, 2.24) is 5.32 Å². The van der Waals surface area contributed by atoms with E-state index in [1.165, 1.54) is 18.2 Å². The van der Waals surface area contributed by atoms with Crippen molar-refractivity contribution in [2.45, 2.75) is 17.9 Å². The van der Waals surface area contributed by atoms with Crippen LogP contribution < -0.4 is 10.5 Å². The molecule has 0 fully saturated rings. The van der Waals surface area contributed by atoms with Gasteiger partial charge >= 0.3 is 0 Å². The number of halogens is 2. The summed E-state index contributed by atoms with van der Waals surface area (Å²) in [5.41, 5.74) is 1.14.